The second kappa shape index (κ2) is 8.11. The third kappa shape index (κ3) is 4.29. The molecule has 1 saturated heterocycles. The van der Waals surface area contributed by atoms with E-state index in [4.69, 9.17) is 0 Å². The first kappa shape index (κ1) is 22.1. The zero-order valence-corrected chi connectivity index (χ0v) is 17.0. The van der Waals surface area contributed by atoms with Crippen LogP contribution in [-0.2, 0) is 12.4 Å². The molecule has 0 radical (unpaired) electrons. The van der Waals surface area contributed by atoms with Crippen LogP contribution < -0.4 is 4.90 Å². The van der Waals surface area contributed by atoms with Gasteiger partial charge >= 0.3 is 12.4 Å². The number of amides is 1. The Bertz CT molecular complexity index is 1100. The minimum Gasteiger partial charge on any atom is -0.345 e. The van der Waals surface area contributed by atoms with Gasteiger partial charge in [-0.1, -0.05) is 6.07 Å². The lowest BCUT2D eigenvalue weighted by Crippen LogP contribution is -2.49. The van der Waals surface area contributed by atoms with Crippen molar-refractivity contribution < 1.29 is 31.1 Å². The van der Waals surface area contributed by atoms with E-state index in [1.165, 1.54) is 16.2 Å². The normalized spacial score (nSPS) is 15.3. The van der Waals surface area contributed by atoms with Crippen molar-refractivity contribution in [3.05, 3.63) is 58.9 Å². The average molecular weight is 475 g/mol. The number of benzene rings is 1. The van der Waals surface area contributed by atoms with E-state index in [0.717, 1.165) is 29.5 Å². The van der Waals surface area contributed by atoms with Gasteiger partial charge in [0.05, 0.1) is 23.0 Å². The molecule has 2 aromatic heterocycles. The third-order valence-electron chi connectivity index (χ3n) is 4.94. The number of anilines is 1. The highest BCUT2D eigenvalue weighted by Crippen LogP contribution is 2.36. The topological polar surface area (TPSA) is 54.3 Å². The van der Waals surface area contributed by atoms with E-state index >= 15 is 0 Å². The van der Waals surface area contributed by atoms with Crippen molar-refractivity contribution >= 4 is 22.4 Å². The molecule has 1 amide bonds. The van der Waals surface area contributed by atoms with E-state index in [2.05, 4.69) is 10.1 Å². The van der Waals surface area contributed by atoms with Gasteiger partial charge < -0.3 is 9.80 Å². The Morgan fingerprint density at radius 3 is 2.31 bits per heavy atom. The van der Waals surface area contributed by atoms with Gasteiger partial charge in [0.1, 0.15) is 0 Å². The van der Waals surface area contributed by atoms with Crippen LogP contribution in [0.5, 0.6) is 0 Å². The van der Waals surface area contributed by atoms with Crippen molar-refractivity contribution in [2.24, 2.45) is 0 Å². The van der Waals surface area contributed by atoms with E-state index in [-0.39, 0.29) is 13.1 Å². The van der Waals surface area contributed by atoms with Crippen molar-refractivity contribution in [2.75, 3.05) is 31.1 Å². The van der Waals surface area contributed by atoms with Crippen LogP contribution in [0.1, 0.15) is 21.6 Å². The highest BCUT2D eigenvalue weighted by atomic mass is 32.1. The molecular formula is C19H15F6N5OS. The van der Waals surface area contributed by atoms with Crippen LogP contribution in [0, 0.1) is 0 Å². The predicted molar refractivity (Wildman–Crippen MR) is 104 cm³/mol. The largest absolute Gasteiger partial charge is 0.434 e. The fourth-order valence-corrected chi connectivity index (χ4v) is 4.13. The molecule has 0 N–H and O–H groups in total. The Labute approximate surface area is 181 Å². The molecule has 0 saturated carbocycles. The summed E-state index contributed by atoms with van der Waals surface area (Å²) >= 11 is 1.41. The van der Waals surface area contributed by atoms with Gasteiger partial charge in [0.25, 0.3) is 5.91 Å². The Morgan fingerprint density at radius 1 is 1.00 bits per heavy atom. The fourth-order valence-electron chi connectivity index (χ4n) is 3.43. The van der Waals surface area contributed by atoms with Crippen molar-refractivity contribution in [3.63, 3.8) is 0 Å². The number of nitrogens with zero attached hydrogens (tertiary/aromatic N) is 5. The quantitative estimate of drug-likeness (QED) is 0.530. The number of halogens is 6. The fraction of sp³-hybridized carbons (Fsp3) is 0.316. The summed E-state index contributed by atoms with van der Waals surface area (Å²) in [4.78, 5) is 20.3. The Hall–Kier alpha value is -3.09. The van der Waals surface area contributed by atoms with Gasteiger partial charge in [-0.25, -0.2) is 9.67 Å². The van der Waals surface area contributed by atoms with Crippen molar-refractivity contribution in [3.8, 4) is 5.69 Å². The van der Waals surface area contributed by atoms with Gasteiger partial charge in [-0.05, 0) is 18.2 Å². The van der Waals surface area contributed by atoms with Crippen LogP contribution in [0.2, 0.25) is 0 Å². The summed E-state index contributed by atoms with van der Waals surface area (Å²) < 4.78 is 81.0. The lowest BCUT2D eigenvalue weighted by Gasteiger charge is -2.34. The highest BCUT2D eigenvalue weighted by molar-refractivity contribution is 7.13. The predicted octanol–water partition coefficient (Wildman–Crippen LogP) is 4.33. The average Bonchev–Trinajstić information content (AvgIpc) is 3.43. The first-order valence-corrected chi connectivity index (χ1v) is 10.2. The second-order valence-electron chi connectivity index (χ2n) is 6.96. The monoisotopic (exact) mass is 475 g/mol. The molecule has 13 heteroatoms. The van der Waals surface area contributed by atoms with Gasteiger partial charge in [-0.15, -0.1) is 11.3 Å². The standard InChI is InChI=1S/C19H15F6N5OS/c20-18(21,22)12-2-1-3-13(10-12)30-15(19(23,24)25)14(11-27-30)16(31)28-5-7-29(8-6-28)17-26-4-9-32-17/h1-4,9-11H,5-8H2. The summed E-state index contributed by atoms with van der Waals surface area (Å²) in [5.74, 6) is -0.880. The molecule has 3 aromatic rings. The van der Waals surface area contributed by atoms with E-state index in [0.29, 0.717) is 23.8 Å². The SMILES string of the molecule is O=C(c1cnn(-c2cccc(C(F)(F)F)c2)c1C(F)(F)F)N1CCN(c2nccs2)CC1. The van der Waals surface area contributed by atoms with Crippen LogP contribution in [-0.4, -0.2) is 51.8 Å². The lowest BCUT2D eigenvalue weighted by molar-refractivity contribution is -0.143. The first-order valence-electron chi connectivity index (χ1n) is 9.32. The van der Waals surface area contributed by atoms with Crippen LogP contribution in [0.3, 0.4) is 0 Å². The molecule has 0 unspecified atom stereocenters. The second-order valence-corrected chi connectivity index (χ2v) is 7.83. The molecule has 170 valence electrons. The number of piperazine rings is 1. The molecule has 32 heavy (non-hydrogen) atoms. The maximum Gasteiger partial charge on any atom is 0.434 e. The number of rotatable bonds is 3. The summed E-state index contributed by atoms with van der Waals surface area (Å²) in [5, 5.41) is 6.16. The van der Waals surface area contributed by atoms with Crippen molar-refractivity contribution in [2.45, 2.75) is 12.4 Å². The number of thiazole rings is 1. The van der Waals surface area contributed by atoms with Crippen LogP contribution >= 0.6 is 11.3 Å². The molecule has 0 aliphatic carbocycles. The minimum atomic E-state index is -5.02. The van der Waals surface area contributed by atoms with E-state index in [1.54, 1.807) is 11.6 Å². The van der Waals surface area contributed by atoms with Crippen LogP contribution in [0.4, 0.5) is 31.5 Å². The molecular weight excluding hydrogens is 460 g/mol. The first-order chi connectivity index (χ1) is 15.1. The smallest absolute Gasteiger partial charge is 0.345 e. The Balaban J connectivity index is 1.63. The van der Waals surface area contributed by atoms with E-state index < -0.39 is 40.8 Å². The number of hydrogen-bond acceptors (Lipinski definition) is 5. The van der Waals surface area contributed by atoms with Gasteiger partial charge in [0.2, 0.25) is 0 Å². The van der Waals surface area contributed by atoms with Crippen molar-refractivity contribution in [1.29, 1.82) is 0 Å². The van der Waals surface area contributed by atoms with E-state index in [1.807, 2.05) is 4.90 Å². The Kier molecular flexibility index (Phi) is 5.61. The lowest BCUT2D eigenvalue weighted by atomic mass is 10.1. The van der Waals surface area contributed by atoms with E-state index in [9.17, 15) is 31.1 Å². The van der Waals surface area contributed by atoms with Crippen molar-refractivity contribution in [1.82, 2.24) is 19.7 Å². The van der Waals surface area contributed by atoms with Gasteiger partial charge in [0, 0.05) is 37.8 Å². The van der Waals surface area contributed by atoms with Crippen LogP contribution in [0.25, 0.3) is 5.69 Å². The molecule has 1 fully saturated rings. The molecule has 3 heterocycles. The van der Waals surface area contributed by atoms with Crippen LogP contribution in [0.15, 0.2) is 42.0 Å². The Morgan fingerprint density at radius 2 is 1.72 bits per heavy atom. The highest BCUT2D eigenvalue weighted by Gasteiger charge is 2.42. The zero-order chi connectivity index (χ0) is 23.1. The zero-order valence-electron chi connectivity index (χ0n) is 16.2. The molecule has 0 atom stereocenters. The summed E-state index contributed by atoms with van der Waals surface area (Å²) in [7, 11) is 0. The molecule has 1 aliphatic heterocycles. The molecule has 0 spiro atoms. The maximum atomic E-state index is 13.9. The minimum absolute atomic E-state index is 0.171. The molecule has 1 aliphatic rings. The number of carbonyl (C=O) groups is 1. The number of carbonyl (C=O) groups excluding carboxylic acids is 1. The number of hydrogen-bond donors (Lipinski definition) is 0. The third-order valence-corrected chi connectivity index (χ3v) is 5.78. The summed E-state index contributed by atoms with van der Waals surface area (Å²) in [5.41, 5.74) is -3.69. The molecule has 4 rings (SSSR count). The molecule has 6 nitrogen and oxygen atoms in total. The van der Waals surface area contributed by atoms with Gasteiger partial charge in [-0.3, -0.25) is 4.79 Å². The maximum absolute atomic E-state index is 13.9. The summed E-state index contributed by atoms with van der Waals surface area (Å²) in [6.45, 7) is 1.12. The molecule has 1 aromatic carbocycles. The summed E-state index contributed by atoms with van der Waals surface area (Å²) in [6, 6.07) is 3.36. The molecule has 0 bridgehead atoms. The number of aromatic nitrogens is 3. The van der Waals surface area contributed by atoms with Gasteiger partial charge in [0.15, 0.2) is 10.8 Å². The number of alkyl halides is 6. The van der Waals surface area contributed by atoms with Gasteiger partial charge in [-0.2, -0.15) is 31.4 Å². The summed E-state index contributed by atoms with van der Waals surface area (Å²) in [6.07, 6.45) is -7.37.